The van der Waals surface area contributed by atoms with E-state index >= 15 is 0 Å². The molecule has 1 aliphatic heterocycles. The van der Waals surface area contributed by atoms with Crippen LogP contribution < -0.4 is 19.7 Å². The predicted octanol–water partition coefficient (Wildman–Crippen LogP) is 4.44. The second-order valence-electron chi connectivity index (χ2n) is 7.30. The summed E-state index contributed by atoms with van der Waals surface area (Å²) in [7, 11) is 3.03. The van der Waals surface area contributed by atoms with Crippen molar-refractivity contribution in [2.45, 2.75) is 19.4 Å². The summed E-state index contributed by atoms with van der Waals surface area (Å²) in [6, 6.07) is 20.8. The number of fused-ring (bicyclic) bond motifs is 1. The van der Waals surface area contributed by atoms with Crippen molar-refractivity contribution in [2.75, 3.05) is 24.4 Å². The lowest BCUT2D eigenvalue weighted by Crippen LogP contribution is -2.34. The summed E-state index contributed by atoms with van der Waals surface area (Å²) < 4.78 is 10.7. The number of carbonyl (C=O) groups is 2. The van der Waals surface area contributed by atoms with Crippen LogP contribution in [0.5, 0.6) is 11.5 Å². The van der Waals surface area contributed by atoms with Gasteiger partial charge in [-0.15, -0.1) is 0 Å². The van der Waals surface area contributed by atoms with Gasteiger partial charge in [0.25, 0.3) is 5.91 Å². The minimum Gasteiger partial charge on any atom is -0.496 e. The zero-order chi connectivity index (χ0) is 21.8. The number of benzene rings is 3. The van der Waals surface area contributed by atoms with Gasteiger partial charge >= 0.3 is 0 Å². The summed E-state index contributed by atoms with van der Waals surface area (Å²) in [6.07, 6.45) is 1.08. The number of nitrogens with one attached hydrogen (secondary N) is 1. The van der Waals surface area contributed by atoms with E-state index in [2.05, 4.69) is 5.32 Å². The van der Waals surface area contributed by atoms with Crippen molar-refractivity contribution >= 4 is 23.2 Å². The van der Waals surface area contributed by atoms with Crippen LogP contribution in [-0.2, 0) is 17.8 Å². The van der Waals surface area contributed by atoms with Gasteiger partial charge in [-0.3, -0.25) is 9.59 Å². The molecule has 0 aromatic heterocycles. The van der Waals surface area contributed by atoms with Crippen LogP contribution in [-0.4, -0.2) is 26.0 Å². The van der Waals surface area contributed by atoms with Crippen LogP contribution >= 0.6 is 0 Å². The largest absolute Gasteiger partial charge is 0.496 e. The van der Waals surface area contributed by atoms with Crippen molar-refractivity contribution < 1.29 is 19.1 Å². The first-order chi connectivity index (χ1) is 15.1. The van der Waals surface area contributed by atoms with Gasteiger partial charge in [-0.1, -0.05) is 36.4 Å². The topological polar surface area (TPSA) is 67.9 Å². The van der Waals surface area contributed by atoms with Crippen molar-refractivity contribution in [1.82, 2.24) is 0 Å². The molecule has 0 saturated heterocycles. The molecule has 0 atom stereocenters. The molecular weight excluding hydrogens is 392 g/mol. The van der Waals surface area contributed by atoms with E-state index in [0.717, 1.165) is 16.8 Å². The molecule has 3 aromatic carbocycles. The lowest BCUT2D eigenvalue weighted by molar-refractivity contribution is -0.119. The number of ether oxygens (including phenoxy) is 2. The molecule has 3 aromatic rings. The van der Waals surface area contributed by atoms with Crippen molar-refractivity contribution in [3.63, 3.8) is 0 Å². The average molecular weight is 416 g/mol. The Bertz CT molecular complexity index is 1090. The van der Waals surface area contributed by atoms with Gasteiger partial charge in [-0.2, -0.15) is 0 Å². The molecular formula is C25H24N2O4. The fourth-order valence-corrected chi connectivity index (χ4v) is 3.85. The second-order valence-corrected chi connectivity index (χ2v) is 7.30. The number of nitrogens with zero attached hydrogens (tertiary/aromatic N) is 1. The summed E-state index contributed by atoms with van der Waals surface area (Å²) in [5.74, 6) is 0.665. The molecule has 1 N–H and O–H groups in total. The van der Waals surface area contributed by atoms with E-state index in [4.69, 9.17) is 9.47 Å². The van der Waals surface area contributed by atoms with Crippen LogP contribution in [0, 0.1) is 0 Å². The average Bonchev–Trinajstić information content (AvgIpc) is 2.81. The Labute approximate surface area is 181 Å². The first-order valence-corrected chi connectivity index (χ1v) is 10.1. The Morgan fingerprint density at radius 2 is 1.65 bits per heavy atom. The molecule has 0 radical (unpaired) electrons. The number of hydrogen-bond donors (Lipinski definition) is 1. The maximum absolute atomic E-state index is 13.0. The minimum absolute atomic E-state index is 0.104. The van der Waals surface area contributed by atoms with Gasteiger partial charge in [0.05, 0.1) is 20.8 Å². The maximum Gasteiger partial charge on any atom is 0.263 e. The number of hydrogen-bond acceptors (Lipinski definition) is 4. The molecule has 6 heteroatoms. The lowest BCUT2D eigenvalue weighted by atomic mass is 9.99. The molecule has 2 amide bonds. The highest BCUT2D eigenvalue weighted by Crippen LogP contribution is 2.33. The second kappa shape index (κ2) is 8.92. The van der Waals surface area contributed by atoms with E-state index in [1.807, 2.05) is 53.4 Å². The highest BCUT2D eigenvalue weighted by molar-refractivity contribution is 6.08. The zero-order valence-corrected chi connectivity index (χ0v) is 17.6. The predicted molar refractivity (Wildman–Crippen MR) is 120 cm³/mol. The van der Waals surface area contributed by atoms with Crippen LogP contribution in [0.1, 0.15) is 27.9 Å². The first kappa shape index (κ1) is 20.5. The molecule has 0 fully saturated rings. The molecule has 158 valence electrons. The Morgan fingerprint density at radius 3 is 2.32 bits per heavy atom. The smallest absolute Gasteiger partial charge is 0.263 e. The van der Waals surface area contributed by atoms with Gasteiger partial charge < -0.3 is 19.7 Å². The normalized spacial score (nSPS) is 12.8. The number of methoxy groups -OCH3 is 2. The van der Waals surface area contributed by atoms with Crippen molar-refractivity contribution in [3.8, 4) is 11.5 Å². The third kappa shape index (κ3) is 4.23. The van der Waals surface area contributed by atoms with Gasteiger partial charge in [-0.05, 0) is 47.9 Å². The van der Waals surface area contributed by atoms with Crippen molar-refractivity contribution in [3.05, 3.63) is 83.4 Å². The highest BCUT2D eigenvalue weighted by Gasteiger charge is 2.25. The quantitative estimate of drug-likeness (QED) is 0.645. The van der Waals surface area contributed by atoms with E-state index in [9.17, 15) is 9.59 Å². The summed E-state index contributed by atoms with van der Waals surface area (Å²) >= 11 is 0. The van der Waals surface area contributed by atoms with E-state index in [-0.39, 0.29) is 11.8 Å². The van der Waals surface area contributed by atoms with Crippen molar-refractivity contribution in [2.24, 2.45) is 0 Å². The van der Waals surface area contributed by atoms with Gasteiger partial charge in [0.2, 0.25) is 5.91 Å². The molecule has 4 rings (SSSR count). The van der Waals surface area contributed by atoms with Gasteiger partial charge in [0, 0.05) is 17.8 Å². The molecule has 0 unspecified atom stereocenters. The Hall–Kier alpha value is -3.80. The lowest BCUT2D eigenvalue weighted by Gasteiger charge is -2.30. The van der Waals surface area contributed by atoms with Crippen LogP contribution in [0.2, 0.25) is 0 Å². The fraction of sp³-hybridized carbons (Fsp3) is 0.200. The first-order valence-electron chi connectivity index (χ1n) is 10.1. The zero-order valence-electron chi connectivity index (χ0n) is 17.6. The summed E-state index contributed by atoms with van der Waals surface area (Å²) in [5.41, 5.74) is 3.98. The minimum atomic E-state index is -0.317. The van der Waals surface area contributed by atoms with Gasteiger partial charge in [-0.25, -0.2) is 0 Å². The Kier molecular flexibility index (Phi) is 5.89. The molecule has 1 aliphatic rings. The third-order valence-electron chi connectivity index (χ3n) is 5.38. The number of aryl methyl sites for hydroxylation is 1. The summed E-state index contributed by atoms with van der Waals surface area (Å²) in [5, 5.41) is 2.93. The maximum atomic E-state index is 13.0. The number of rotatable bonds is 6. The van der Waals surface area contributed by atoms with Crippen LogP contribution in [0.4, 0.5) is 11.4 Å². The van der Waals surface area contributed by atoms with E-state index in [1.165, 1.54) is 14.2 Å². The monoisotopic (exact) mass is 416 g/mol. The number of amides is 2. The van der Waals surface area contributed by atoms with Crippen molar-refractivity contribution in [1.29, 1.82) is 0 Å². The molecule has 0 aliphatic carbocycles. The van der Waals surface area contributed by atoms with Crippen LogP contribution in [0.3, 0.4) is 0 Å². The number of anilines is 2. The Morgan fingerprint density at radius 1 is 0.935 bits per heavy atom. The fourth-order valence-electron chi connectivity index (χ4n) is 3.85. The van der Waals surface area contributed by atoms with E-state index in [1.54, 1.807) is 18.2 Å². The molecule has 6 nitrogen and oxygen atoms in total. The molecule has 0 spiro atoms. The van der Waals surface area contributed by atoms with Gasteiger partial charge in [0.1, 0.15) is 17.1 Å². The van der Waals surface area contributed by atoms with Crippen LogP contribution in [0.25, 0.3) is 0 Å². The summed E-state index contributed by atoms with van der Waals surface area (Å²) in [6.45, 7) is 0.525. The van der Waals surface area contributed by atoms with E-state index in [0.29, 0.717) is 42.1 Å². The standard InChI is InChI=1S/C25H24N2O4/c1-30-21-9-6-10-22(31-2)24(21)25(29)26-19-12-13-20-18(15-19)11-14-23(28)27(20)16-17-7-4-3-5-8-17/h3-10,12-13,15H,11,14,16H2,1-2H3,(H,26,29). The third-order valence-corrected chi connectivity index (χ3v) is 5.38. The Balaban J connectivity index is 1.59. The summed E-state index contributed by atoms with van der Waals surface area (Å²) in [4.78, 5) is 27.4. The number of carbonyl (C=O) groups excluding carboxylic acids is 2. The van der Waals surface area contributed by atoms with Crippen LogP contribution in [0.15, 0.2) is 66.7 Å². The van der Waals surface area contributed by atoms with Gasteiger partial charge in [0.15, 0.2) is 0 Å². The highest BCUT2D eigenvalue weighted by atomic mass is 16.5. The molecule has 0 saturated carbocycles. The SMILES string of the molecule is COc1cccc(OC)c1C(=O)Nc1ccc2c(c1)CCC(=O)N2Cc1ccccc1. The molecule has 0 bridgehead atoms. The van der Waals surface area contributed by atoms with E-state index < -0.39 is 0 Å². The molecule has 1 heterocycles. The molecule has 31 heavy (non-hydrogen) atoms.